The van der Waals surface area contributed by atoms with Crippen LogP contribution in [0.4, 0.5) is 0 Å². The van der Waals surface area contributed by atoms with Gasteiger partial charge in [0.25, 0.3) is 0 Å². The average Bonchev–Trinajstić information content (AvgIpc) is 2.33. The van der Waals surface area contributed by atoms with Crippen LogP contribution in [0.2, 0.25) is 0 Å². The molecule has 1 aromatic carbocycles. The Labute approximate surface area is 108 Å². The van der Waals surface area contributed by atoms with E-state index in [1.807, 2.05) is 27.7 Å². The first kappa shape index (κ1) is 12.9. The Kier molecular flexibility index (Phi) is 2.88. The highest BCUT2D eigenvalue weighted by molar-refractivity contribution is 5.85. The van der Waals surface area contributed by atoms with Crippen molar-refractivity contribution in [3.8, 4) is 11.5 Å². The average molecular weight is 248 g/mol. The fourth-order valence-electron chi connectivity index (χ4n) is 2.50. The molecule has 0 bridgehead atoms. The number of ether oxygens (including phenoxy) is 1. The Bertz CT molecular complexity index is 531. The number of benzene rings is 1. The second kappa shape index (κ2) is 4.01. The number of rotatable bonds is 1. The molecule has 1 aliphatic rings. The van der Waals surface area contributed by atoms with E-state index in [4.69, 9.17) is 4.74 Å². The van der Waals surface area contributed by atoms with Crippen LogP contribution in [0.5, 0.6) is 11.5 Å². The van der Waals surface area contributed by atoms with Crippen molar-refractivity contribution in [1.82, 2.24) is 0 Å². The molecule has 0 aliphatic carbocycles. The van der Waals surface area contributed by atoms with Crippen molar-refractivity contribution in [2.45, 2.75) is 53.1 Å². The maximum Gasteiger partial charge on any atom is 0.172 e. The van der Waals surface area contributed by atoms with Crippen molar-refractivity contribution in [2.75, 3.05) is 0 Å². The second-order valence-electron chi connectivity index (χ2n) is 5.42. The van der Waals surface area contributed by atoms with E-state index in [-0.39, 0.29) is 5.78 Å². The first-order valence-electron chi connectivity index (χ1n) is 6.29. The maximum atomic E-state index is 11.7. The van der Waals surface area contributed by atoms with E-state index < -0.39 is 5.60 Å². The van der Waals surface area contributed by atoms with Gasteiger partial charge in [0.15, 0.2) is 11.4 Å². The highest BCUT2D eigenvalue weighted by Gasteiger charge is 2.38. The summed E-state index contributed by atoms with van der Waals surface area (Å²) in [6.07, 6.45) is 1.43. The molecule has 3 nitrogen and oxygen atoms in total. The first-order valence-corrected chi connectivity index (χ1v) is 6.29. The number of phenols is 1. The van der Waals surface area contributed by atoms with Crippen LogP contribution in [-0.2, 0) is 11.2 Å². The van der Waals surface area contributed by atoms with E-state index in [2.05, 4.69) is 0 Å². The molecule has 1 aromatic rings. The Morgan fingerprint density at radius 1 is 1.22 bits per heavy atom. The van der Waals surface area contributed by atoms with Gasteiger partial charge in [-0.1, -0.05) is 0 Å². The van der Waals surface area contributed by atoms with Crippen molar-refractivity contribution < 1.29 is 14.6 Å². The summed E-state index contributed by atoms with van der Waals surface area (Å²) in [5, 5.41) is 10.1. The first-order chi connectivity index (χ1) is 8.28. The number of hydrogen-bond acceptors (Lipinski definition) is 3. The molecule has 0 spiro atoms. The minimum Gasteiger partial charge on any atom is -0.507 e. The largest absolute Gasteiger partial charge is 0.507 e. The standard InChI is InChI=1S/C15H20O3/c1-8-9(2)14-12(10(3)13(8)17)6-7-15(5,18-14)11(4)16/h17H,6-7H2,1-5H3/t15-/m1/s1. The zero-order valence-corrected chi connectivity index (χ0v) is 11.7. The fourth-order valence-corrected chi connectivity index (χ4v) is 2.50. The van der Waals surface area contributed by atoms with Gasteiger partial charge in [0, 0.05) is 5.56 Å². The molecule has 18 heavy (non-hydrogen) atoms. The molecule has 3 heteroatoms. The van der Waals surface area contributed by atoms with Crippen LogP contribution in [0, 0.1) is 20.8 Å². The number of Topliss-reactive ketones (excluding diaryl/α,β-unsaturated/α-hetero) is 1. The van der Waals surface area contributed by atoms with E-state index in [1.54, 1.807) is 6.92 Å². The number of phenolic OH excluding ortho intramolecular Hbond substituents is 1. The van der Waals surface area contributed by atoms with Gasteiger partial charge in [-0.3, -0.25) is 4.79 Å². The summed E-state index contributed by atoms with van der Waals surface area (Å²) in [6, 6.07) is 0. The van der Waals surface area contributed by atoms with Crippen LogP contribution < -0.4 is 4.74 Å². The van der Waals surface area contributed by atoms with Crippen LogP contribution in [0.3, 0.4) is 0 Å². The van der Waals surface area contributed by atoms with Gasteiger partial charge in [0.05, 0.1) is 0 Å². The number of ketones is 1. The quantitative estimate of drug-likeness (QED) is 0.831. The molecule has 0 unspecified atom stereocenters. The Balaban J connectivity index is 2.61. The Morgan fingerprint density at radius 2 is 1.83 bits per heavy atom. The summed E-state index contributed by atoms with van der Waals surface area (Å²) in [7, 11) is 0. The van der Waals surface area contributed by atoms with Gasteiger partial charge >= 0.3 is 0 Å². The molecule has 0 amide bonds. The molecule has 98 valence electrons. The van der Waals surface area contributed by atoms with Gasteiger partial charge in [-0.15, -0.1) is 0 Å². The van der Waals surface area contributed by atoms with Gasteiger partial charge < -0.3 is 9.84 Å². The second-order valence-corrected chi connectivity index (χ2v) is 5.42. The third-order valence-corrected chi connectivity index (χ3v) is 4.26. The monoisotopic (exact) mass is 248 g/mol. The Morgan fingerprint density at radius 3 is 2.39 bits per heavy atom. The van der Waals surface area contributed by atoms with E-state index in [1.165, 1.54) is 0 Å². The van der Waals surface area contributed by atoms with Crippen molar-refractivity contribution in [3.05, 3.63) is 22.3 Å². The highest BCUT2D eigenvalue weighted by atomic mass is 16.5. The topological polar surface area (TPSA) is 46.5 Å². The van der Waals surface area contributed by atoms with Crippen LogP contribution >= 0.6 is 0 Å². The van der Waals surface area contributed by atoms with Crippen molar-refractivity contribution in [3.63, 3.8) is 0 Å². The summed E-state index contributed by atoms with van der Waals surface area (Å²) in [4.78, 5) is 11.7. The molecular formula is C15H20O3. The van der Waals surface area contributed by atoms with Crippen molar-refractivity contribution >= 4 is 5.78 Å². The molecule has 0 radical (unpaired) electrons. The molecule has 2 rings (SSSR count). The van der Waals surface area contributed by atoms with Gasteiger partial charge in [0.2, 0.25) is 0 Å². The SMILES string of the molecule is CC(=O)[C@@]1(C)CCc2c(C)c(O)c(C)c(C)c2O1. The predicted molar refractivity (Wildman–Crippen MR) is 70.4 cm³/mol. The van der Waals surface area contributed by atoms with Crippen LogP contribution in [0.1, 0.15) is 42.5 Å². The van der Waals surface area contributed by atoms with E-state index in [0.29, 0.717) is 12.2 Å². The van der Waals surface area contributed by atoms with E-state index in [9.17, 15) is 9.90 Å². The third kappa shape index (κ3) is 1.69. The highest BCUT2D eigenvalue weighted by Crippen LogP contribution is 2.43. The molecule has 0 fully saturated rings. The van der Waals surface area contributed by atoms with Gasteiger partial charge in [-0.05, 0) is 64.2 Å². The normalized spacial score (nSPS) is 22.3. The van der Waals surface area contributed by atoms with E-state index >= 15 is 0 Å². The van der Waals surface area contributed by atoms with E-state index in [0.717, 1.165) is 34.4 Å². The van der Waals surface area contributed by atoms with Gasteiger partial charge in [-0.2, -0.15) is 0 Å². The molecule has 1 aliphatic heterocycles. The predicted octanol–water partition coefficient (Wildman–Crippen LogP) is 2.99. The van der Waals surface area contributed by atoms with Crippen LogP contribution in [0.15, 0.2) is 0 Å². The fraction of sp³-hybridized carbons (Fsp3) is 0.533. The summed E-state index contributed by atoms with van der Waals surface area (Å²) in [6.45, 7) is 9.12. The number of carbonyl (C=O) groups excluding carboxylic acids is 1. The minimum atomic E-state index is -0.729. The summed E-state index contributed by atoms with van der Waals surface area (Å²) in [5.41, 5.74) is 2.94. The number of hydrogen-bond donors (Lipinski definition) is 1. The van der Waals surface area contributed by atoms with Gasteiger partial charge in [0.1, 0.15) is 11.5 Å². The lowest BCUT2D eigenvalue weighted by molar-refractivity contribution is -0.132. The Hall–Kier alpha value is -1.51. The summed E-state index contributed by atoms with van der Waals surface area (Å²) in [5.74, 6) is 1.18. The minimum absolute atomic E-state index is 0.0518. The van der Waals surface area contributed by atoms with Crippen molar-refractivity contribution in [2.24, 2.45) is 0 Å². The molecule has 0 saturated carbocycles. The summed E-state index contributed by atoms with van der Waals surface area (Å²) >= 11 is 0. The smallest absolute Gasteiger partial charge is 0.172 e. The molecular weight excluding hydrogens is 228 g/mol. The molecule has 0 aromatic heterocycles. The number of fused-ring (bicyclic) bond motifs is 1. The zero-order chi connectivity index (χ0) is 13.7. The lowest BCUT2D eigenvalue weighted by atomic mass is 9.85. The zero-order valence-electron chi connectivity index (χ0n) is 11.7. The van der Waals surface area contributed by atoms with Crippen LogP contribution in [-0.4, -0.2) is 16.5 Å². The lowest BCUT2D eigenvalue weighted by Crippen LogP contribution is -2.43. The molecule has 0 saturated heterocycles. The lowest BCUT2D eigenvalue weighted by Gasteiger charge is -2.36. The van der Waals surface area contributed by atoms with Gasteiger partial charge in [-0.25, -0.2) is 0 Å². The van der Waals surface area contributed by atoms with Crippen molar-refractivity contribution in [1.29, 1.82) is 0 Å². The molecule has 1 heterocycles. The number of carbonyl (C=O) groups is 1. The molecule has 1 atom stereocenters. The van der Waals surface area contributed by atoms with Crippen LogP contribution in [0.25, 0.3) is 0 Å². The summed E-state index contributed by atoms with van der Waals surface area (Å²) < 4.78 is 5.97. The number of aromatic hydroxyl groups is 1. The molecule has 1 N–H and O–H groups in total. The third-order valence-electron chi connectivity index (χ3n) is 4.26. The maximum absolute atomic E-state index is 11.7.